The van der Waals surface area contributed by atoms with E-state index >= 15 is 0 Å². The number of anilines is 1. The number of amides is 5. The zero-order valence-electron chi connectivity index (χ0n) is 39.1. The van der Waals surface area contributed by atoms with Crippen molar-refractivity contribution >= 4 is 46.2 Å². The Hall–Kier alpha value is -4.38. The molecule has 1 aliphatic heterocycles. The van der Waals surface area contributed by atoms with Crippen LogP contribution in [0.1, 0.15) is 86.1 Å². The van der Waals surface area contributed by atoms with Crippen molar-refractivity contribution in [1.29, 1.82) is 0 Å². The Bertz CT molecular complexity index is 1720. The lowest BCUT2D eigenvalue weighted by molar-refractivity contribution is -0.146. The van der Waals surface area contributed by atoms with E-state index in [1.165, 1.54) is 20.6 Å². The number of ether oxygens (including phenoxy) is 2. The number of nitrogens with zero attached hydrogens (tertiary/aromatic N) is 3. The second-order valence-corrected chi connectivity index (χ2v) is 18.0. The minimum atomic E-state index is -1.90. The molecule has 348 valence electrons. The lowest BCUT2D eigenvalue weighted by atomic mass is 9.90. The first-order valence-electron chi connectivity index (χ1n) is 21.8. The number of carbonyl (C=O) groups is 5. The Morgan fingerprint density at radius 1 is 0.887 bits per heavy atom. The fourth-order valence-electron chi connectivity index (χ4n) is 8.03. The zero-order valence-corrected chi connectivity index (χ0v) is 40.0. The van der Waals surface area contributed by atoms with Gasteiger partial charge in [-0.25, -0.2) is 4.21 Å². The maximum absolute atomic E-state index is 14.2. The predicted molar refractivity (Wildman–Crippen MR) is 245 cm³/mol. The molecule has 16 heteroatoms. The van der Waals surface area contributed by atoms with E-state index in [9.17, 15) is 28.2 Å². The quantitative estimate of drug-likeness (QED) is 0.125. The zero-order chi connectivity index (χ0) is 46.7. The third-order valence-electron chi connectivity index (χ3n) is 11.4. The summed E-state index contributed by atoms with van der Waals surface area (Å²) >= 11 is 0. The Morgan fingerprint density at radius 2 is 1.50 bits per heavy atom. The molecule has 0 aliphatic carbocycles. The highest BCUT2D eigenvalue weighted by molar-refractivity contribution is 7.83. The van der Waals surface area contributed by atoms with E-state index in [1.807, 2.05) is 77.0 Å². The molecule has 1 fully saturated rings. The van der Waals surface area contributed by atoms with Crippen molar-refractivity contribution in [2.45, 2.75) is 128 Å². The summed E-state index contributed by atoms with van der Waals surface area (Å²) in [6, 6.07) is 13.1. The van der Waals surface area contributed by atoms with Crippen LogP contribution in [0.2, 0.25) is 0 Å². The summed E-state index contributed by atoms with van der Waals surface area (Å²) < 4.78 is 27.5. The molecule has 0 aromatic heterocycles. The number of likely N-dealkylation sites (N-methyl/N-ethyl adjacent to an activating group) is 2. The summed E-state index contributed by atoms with van der Waals surface area (Å²) in [5.74, 6) is -2.62. The van der Waals surface area contributed by atoms with E-state index in [-0.39, 0.29) is 48.9 Å². The summed E-state index contributed by atoms with van der Waals surface area (Å²) in [6.45, 7) is 14.1. The fourth-order valence-corrected chi connectivity index (χ4v) is 8.85. The maximum Gasteiger partial charge on any atom is 0.254 e. The molecule has 5 amide bonds. The highest BCUT2D eigenvalue weighted by Crippen LogP contribution is 2.29. The van der Waals surface area contributed by atoms with E-state index in [0.717, 1.165) is 5.56 Å². The van der Waals surface area contributed by atoms with Crippen LogP contribution >= 0.6 is 0 Å². The van der Waals surface area contributed by atoms with Crippen LogP contribution in [0.4, 0.5) is 5.69 Å². The van der Waals surface area contributed by atoms with Crippen LogP contribution in [0.25, 0.3) is 0 Å². The molecule has 0 radical (unpaired) electrons. The molecule has 2 aromatic rings. The number of nitrogens with one attached hydrogen (secondary N) is 3. The third kappa shape index (κ3) is 15.8. The standard InChI is InChI=1S/C43H67N7O8S.C3H8/c1-11-28(4)39(49(8)37(52)26-45-43(55)38(27(2)3)48(6)7)35(57-9)25-36(51)50-23-15-18-34(50)40(58-10)29(5)41(53)46-33(24-30-16-13-12-14-17-30)42(54)47-59(56)32-21-19-31(44)20-22-32;1-3-2/h12-14,16-17,19-22,27-29,33-35,38-40H,11,15,18,23-26,44H2,1-10H3,(H,45,55)(H,46,53)(H,47,54);3H2,1-2H3. The van der Waals surface area contributed by atoms with E-state index in [2.05, 4.69) is 29.2 Å². The predicted octanol–water partition coefficient (Wildman–Crippen LogP) is 4.17. The number of hydrogen-bond acceptors (Lipinski definition) is 10. The second-order valence-electron chi connectivity index (χ2n) is 16.8. The van der Waals surface area contributed by atoms with Crippen LogP contribution in [0.15, 0.2) is 59.5 Å². The van der Waals surface area contributed by atoms with Gasteiger partial charge in [0.15, 0.2) is 11.0 Å². The number of likely N-dealkylation sites (tertiary alicyclic amines) is 1. The van der Waals surface area contributed by atoms with E-state index in [1.54, 1.807) is 48.0 Å². The minimum absolute atomic E-state index is 0.0243. The molecule has 9 unspecified atom stereocenters. The van der Waals surface area contributed by atoms with Crippen LogP contribution in [0.5, 0.6) is 0 Å². The van der Waals surface area contributed by atoms with Crippen molar-refractivity contribution in [3.63, 3.8) is 0 Å². The lowest BCUT2D eigenvalue weighted by Crippen LogP contribution is -2.55. The topological polar surface area (TPSA) is 193 Å². The van der Waals surface area contributed by atoms with Crippen molar-refractivity contribution in [2.24, 2.45) is 17.8 Å². The van der Waals surface area contributed by atoms with Crippen molar-refractivity contribution in [1.82, 2.24) is 30.1 Å². The fraction of sp³-hybridized carbons (Fsp3) is 0.630. The van der Waals surface area contributed by atoms with Gasteiger partial charge >= 0.3 is 0 Å². The molecule has 62 heavy (non-hydrogen) atoms. The Kier molecular flexibility index (Phi) is 23.4. The smallest absolute Gasteiger partial charge is 0.254 e. The van der Waals surface area contributed by atoms with Gasteiger partial charge in [-0.05, 0) is 68.6 Å². The van der Waals surface area contributed by atoms with Gasteiger partial charge in [0.05, 0.1) is 54.1 Å². The number of hydrogen-bond donors (Lipinski definition) is 4. The Balaban J connectivity index is 0.00000428. The van der Waals surface area contributed by atoms with E-state index in [4.69, 9.17) is 15.2 Å². The molecule has 0 saturated carbocycles. The van der Waals surface area contributed by atoms with Crippen molar-refractivity contribution in [2.75, 3.05) is 54.2 Å². The second kappa shape index (κ2) is 26.9. The average Bonchev–Trinajstić information content (AvgIpc) is 3.72. The molecule has 5 N–H and O–H groups in total. The molecule has 15 nitrogen and oxygen atoms in total. The average molecular weight is 886 g/mol. The first-order valence-corrected chi connectivity index (χ1v) is 23.0. The van der Waals surface area contributed by atoms with E-state index in [0.29, 0.717) is 36.4 Å². The van der Waals surface area contributed by atoms with Gasteiger partial charge in [-0.15, -0.1) is 0 Å². The van der Waals surface area contributed by atoms with Crippen LogP contribution in [-0.4, -0.2) is 133 Å². The van der Waals surface area contributed by atoms with Gasteiger partial charge in [0.2, 0.25) is 23.6 Å². The third-order valence-corrected chi connectivity index (χ3v) is 12.5. The van der Waals surface area contributed by atoms with Gasteiger partial charge < -0.3 is 35.6 Å². The monoisotopic (exact) mass is 886 g/mol. The van der Waals surface area contributed by atoms with Gasteiger partial charge in [-0.2, -0.15) is 0 Å². The summed E-state index contributed by atoms with van der Waals surface area (Å²) in [6.07, 6.45) is 1.98. The van der Waals surface area contributed by atoms with Gasteiger partial charge in [0.1, 0.15) is 6.04 Å². The summed E-state index contributed by atoms with van der Waals surface area (Å²) in [4.78, 5) is 73.8. The summed E-state index contributed by atoms with van der Waals surface area (Å²) in [5, 5.41) is 5.67. The Labute approximate surface area is 373 Å². The lowest BCUT2D eigenvalue weighted by Gasteiger charge is -2.39. The summed E-state index contributed by atoms with van der Waals surface area (Å²) in [5.41, 5.74) is 7.05. The van der Waals surface area contributed by atoms with Gasteiger partial charge in [-0.1, -0.05) is 91.6 Å². The highest BCUT2D eigenvalue weighted by atomic mass is 32.2. The number of carbonyl (C=O) groups excluding carboxylic acids is 5. The number of nitrogens with two attached hydrogens (primary N) is 1. The molecular formula is C46H75N7O8S. The van der Waals surface area contributed by atoms with Crippen LogP contribution < -0.4 is 21.1 Å². The first-order chi connectivity index (χ1) is 29.4. The number of methoxy groups -OCH3 is 2. The largest absolute Gasteiger partial charge is 0.399 e. The molecule has 1 aliphatic rings. The molecule has 3 rings (SSSR count). The Morgan fingerprint density at radius 3 is 2.03 bits per heavy atom. The molecule has 0 bridgehead atoms. The van der Waals surface area contributed by atoms with Gasteiger partial charge in [-0.3, -0.25) is 33.6 Å². The number of nitrogen functional groups attached to an aromatic ring is 1. The van der Waals surface area contributed by atoms with Crippen LogP contribution in [0, 0.1) is 17.8 Å². The highest BCUT2D eigenvalue weighted by Gasteiger charge is 2.42. The van der Waals surface area contributed by atoms with Crippen LogP contribution in [0.3, 0.4) is 0 Å². The summed E-state index contributed by atoms with van der Waals surface area (Å²) in [7, 11) is 6.45. The SMILES string of the molecule is CCC.CCC(C)C(C(CC(=O)N1CCCC1C(OC)C(C)C(=O)NC(Cc1ccccc1)C(=O)NS(=O)c1ccc(N)cc1)OC)N(C)C(=O)CNC(=O)C(C(C)C)N(C)C. The van der Waals surface area contributed by atoms with Gasteiger partial charge in [0, 0.05) is 39.9 Å². The molecule has 2 aromatic carbocycles. The number of benzene rings is 2. The van der Waals surface area contributed by atoms with Crippen molar-refractivity contribution in [3.05, 3.63) is 60.2 Å². The molecular weight excluding hydrogens is 811 g/mol. The van der Waals surface area contributed by atoms with Crippen LogP contribution in [-0.2, 0) is 50.9 Å². The molecule has 9 atom stereocenters. The first kappa shape index (κ1) is 53.8. The van der Waals surface area contributed by atoms with E-state index < -0.39 is 65.1 Å². The van der Waals surface area contributed by atoms with Gasteiger partial charge in [0.25, 0.3) is 5.91 Å². The maximum atomic E-state index is 14.2. The molecule has 1 saturated heterocycles. The number of rotatable bonds is 22. The molecule has 0 spiro atoms. The minimum Gasteiger partial charge on any atom is -0.399 e. The van der Waals surface area contributed by atoms with Crippen molar-refractivity contribution < 1.29 is 37.7 Å². The normalized spacial score (nSPS) is 17.6. The van der Waals surface area contributed by atoms with Crippen molar-refractivity contribution in [3.8, 4) is 0 Å². The molecule has 1 heterocycles.